The van der Waals surface area contributed by atoms with Gasteiger partial charge in [0.25, 0.3) is 0 Å². The van der Waals surface area contributed by atoms with Crippen LogP contribution in [-0.4, -0.2) is 29.1 Å². The Bertz CT molecular complexity index is 388. The lowest BCUT2D eigenvalue weighted by molar-refractivity contribution is -0.141. The summed E-state index contributed by atoms with van der Waals surface area (Å²) in [7, 11) is 1.29. The average Bonchev–Trinajstić information content (AvgIpc) is 2.62. The predicted octanol–water partition coefficient (Wildman–Crippen LogP) is 1.57. The second-order valence-electron chi connectivity index (χ2n) is 3.38. The molecule has 0 fully saturated rings. The van der Waals surface area contributed by atoms with E-state index in [4.69, 9.17) is 5.11 Å². The molecule has 0 aromatic carbocycles. The number of methoxy groups -OCH3 is 1. The van der Waals surface area contributed by atoms with Crippen LogP contribution in [0.15, 0.2) is 5.51 Å². The Hall–Kier alpha value is -1.43. The second-order valence-corrected chi connectivity index (χ2v) is 4.26. The monoisotopic (exact) mass is 243 g/mol. The molecule has 5 nitrogen and oxygen atoms in total. The van der Waals surface area contributed by atoms with Crippen molar-refractivity contribution < 1.29 is 19.4 Å². The molecule has 0 aliphatic rings. The minimum atomic E-state index is -0.929. The van der Waals surface area contributed by atoms with Crippen LogP contribution in [0.3, 0.4) is 0 Å². The molecule has 16 heavy (non-hydrogen) atoms. The van der Waals surface area contributed by atoms with E-state index in [1.807, 2.05) is 0 Å². The third-order valence-corrected chi connectivity index (χ3v) is 3.31. The van der Waals surface area contributed by atoms with Gasteiger partial charge in [0.2, 0.25) is 0 Å². The fourth-order valence-corrected chi connectivity index (χ4v) is 2.36. The van der Waals surface area contributed by atoms with Gasteiger partial charge in [-0.1, -0.05) is 0 Å². The summed E-state index contributed by atoms with van der Waals surface area (Å²) in [6, 6.07) is 0. The van der Waals surface area contributed by atoms with Gasteiger partial charge in [-0.15, -0.1) is 11.3 Å². The van der Waals surface area contributed by atoms with Gasteiger partial charge in [0.1, 0.15) is 0 Å². The zero-order valence-electron chi connectivity index (χ0n) is 9.10. The molecule has 1 heterocycles. The van der Waals surface area contributed by atoms with Crippen molar-refractivity contribution in [3.05, 3.63) is 16.1 Å². The van der Waals surface area contributed by atoms with E-state index in [-0.39, 0.29) is 18.8 Å². The fourth-order valence-electron chi connectivity index (χ4n) is 1.46. The van der Waals surface area contributed by atoms with Gasteiger partial charge in [-0.3, -0.25) is 9.59 Å². The zero-order valence-corrected chi connectivity index (χ0v) is 9.91. The molecular formula is C10H13NO4S. The Morgan fingerprint density at radius 2 is 2.25 bits per heavy atom. The first-order chi connectivity index (χ1) is 7.54. The van der Waals surface area contributed by atoms with Crippen molar-refractivity contribution in [3.63, 3.8) is 0 Å². The normalized spacial score (nSPS) is 12.1. The number of hydrogen-bond acceptors (Lipinski definition) is 5. The SMILES string of the molecule is COC(=O)CC(CC(=O)O)c1scnc1C. The number of aromatic nitrogens is 1. The molecule has 1 aromatic rings. The van der Waals surface area contributed by atoms with Gasteiger partial charge >= 0.3 is 11.9 Å². The van der Waals surface area contributed by atoms with E-state index in [1.165, 1.54) is 18.4 Å². The number of carbonyl (C=O) groups excluding carboxylic acids is 1. The Morgan fingerprint density at radius 3 is 2.69 bits per heavy atom. The third-order valence-electron chi connectivity index (χ3n) is 2.22. The van der Waals surface area contributed by atoms with Gasteiger partial charge in [0.05, 0.1) is 31.2 Å². The molecule has 0 saturated carbocycles. The minimum absolute atomic E-state index is 0.0752. The number of carboxylic acids is 1. The lowest BCUT2D eigenvalue weighted by atomic mass is 9.98. The third kappa shape index (κ3) is 3.30. The number of aliphatic carboxylic acids is 1. The second kappa shape index (κ2) is 5.60. The number of ether oxygens (including phenoxy) is 1. The van der Waals surface area contributed by atoms with Crippen LogP contribution in [0.25, 0.3) is 0 Å². The van der Waals surface area contributed by atoms with E-state index in [0.717, 1.165) is 10.6 Å². The molecule has 0 aliphatic heterocycles. The van der Waals surface area contributed by atoms with Gasteiger partial charge in [-0.25, -0.2) is 4.98 Å². The molecule has 1 atom stereocenters. The number of aryl methyl sites for hydroxylation is 1. The summed E-state index contributed by atoms with van der Waals surface area (Å²) in [5.74, 6) is -1.68. The lowest BCUT2D eigenvalue weighted by Gasteiger charge is -2.12. The highest BCUT2D eigenvalue weighted by Gasteiger charge is 2.22. The number of carbonyl (C=O) groups is 2. The molecule has 0 radical (unpaired) electrons. The summed E-state index contributed by atoms with van der Waals surface area (Å²) in [5.41, 5.74) is 2.43. The van der Waals surface area contributed by atoms with Crippen LogP contribution in [0.2, 0.25) is 0 Å². The van der Waals surface area contributed by atoms with Crippen LogP contribution in [-0.2, 0) is 14.3 Å². The number of esters is 1. The van der Waals surface area contributed by atoms with Gasteiger partial charge in [0, 0.05) is 10.8 Å². The molecule has 0 amide bonds. The maximum atomic E-state index is 11.2. The first kappa shape index (κ1) is 12.6. The highest BCUT2D eigenvalue weighted by atomic mass is 32.1. The van der Waals surface area contributed by atoms with E-state index in [1.54, 1.807) is 12.4 Å². The molecule has 88 valence electrons. The van der Waals surface area contributed by atoms with Gasteiger partial charge in [0.15, 0.2) is 0 Å². The van der Waals surface area contributed by atoms with Gasteiger partial charge in [-0.05, 0) is 6.92 Å². The largest absolute Gasteiger partial charge is 0.481 e. The van der Waals surface area contributed by atoms with Crippen molar-refractivity contribution in [2.45, 2.75) is 25.7 Å². The van der Waals surface area contributed by atoms with E-state index >= 15 is 0 Å². The maximum Gasteiger partial charge on any atom is 0.306 e. The zero-order chi connectivity index (χ0) is 12.1. The standard InChI is InChI=1S/C10H13NO4S/c1-6-10(16-5-11-6)7(3-8(12)13)4-9(14)15-2/h5,7H,3-4H2,1-2H3,(H,12,13). The van der Waals surface area contributed by atoms with Crippen LogP contribution in [0.5, 0.6) is 0 Å². The topological polar surface area (TPSA) is 76.5 Å². The lowest BCUT2D eigenvalue weighted by Crippen LogP contribution is -2.12. The van der Waals surface area contributed by atoms with Gasteiger partial charge in [-0.2, -0.15) is 0 Å². The van der Waals surface area contributed by atoms with Crippen molar-refractivity contribution in [2.24, 2.45) is 0 Å². The number of hydrogen-bond donors (Lipinski definition) is 1. The maximum absolute atomic E-state index is 11.2. The average molecular weight is 243 g/mol. The summed E-state index contributed by atoms with van der Waals surface area (Å²) in [5, 5.41) is 8.79. The highest BCUT2D eigenvalue weighted by Crippen LogP contribution is 2.29. The number of nitrogens with zero attached hydrogens (tertiary/aromatic N) is 1. The first-order valence-corrected chi connectivity index (χ1v) is 5.61. The van der Waals surface area contributed by atoms with E-state index in [2.05, 4.69) is 9.72 Å². The molecule has 1 N–H and O–H groups in total. The Labute approximate surface area is 97.1 Å². The van der Waals surface area contributed by atoms with Crippen LogP contribution in [0.1, 0.15) is 29.3 Å². The van der Waals surface area contributed by atoms with Crippen molar-refractivity contribution in [3.8, 4) is 0 Å². The van der Waals surface area contributed by atoms with Crippen molar-refractivity contribution in [1.82, 2.24) is 4.98 Å². The predicted molar refractivity (Wildman–Crippen MR) is 58.5 cm³/mol. The van der Waals surface area contributed by atoms with Crippen LogP contribution in [0.4, 0.5) is 0 Å². The van der Waals surface area contributed by atoms with E-state index in [9.17, 15) is 9.59 Å². The number of carboxylic acid groups (broad SMARTS) is 1. The molecule has 0 bridgehead atoms. The van der Waals surface area contributed by atoms with Crippen molar-refractivity contribution >= 4 is 23.3 Å². The molecule has 1 rings (SSSR count). The smallest absolute Gasteiger partial charge is 0.306 e. The Balaban J connectivity index is 2.83. The number of rotatable bonds is 5. The van der Waals surface area contributed by atoms with E-state index in [0.29, 0.717) is 0 Å². The molecule has 6 heteroatoms. The number of thiazole rings is 1. The van der Waals surface area contributed by atoms with Crippen LogP contribution in [0, 0.1) is 6.92 Å². The Kier molecular flexibility index (Phi) is 4.42. The van der Waals surface area contributed by atoms with Crippen LogP contribution >= 0.6 is 11.3 Å². The van der Waals surface area contributed by atoms with Crippen molar-refractivity contribution in [1.29, 1.82) is 0 Å². The molecule has 0 aliphatic carbocycles. The molecule has 0 spiro atoms. The summed E-state index contributed by atoms with van der Waals surface area (Å²) >= 11 is 1.37. The van der Waals surface area contributed by atoms with Gasteiger partial charge < -0.3 is 9.84 Å². The van der Waals surface area contributed by atoms with E-state index < -0.39 is 11.9 Å². The van der Waals surface area contributed by atoms with Crippen molar-refractivity contribution in [2.75, 3.05) is 7.11 Å². The fraction of sp³-hybridized carbons (Fsp3) is 0.500. The summed E-state index contributed by atoms with van der Waals surface area (Å²) in [6.45, 7) is 1.80. The molecule has 1 unspecified atom stereocenters. The molecule has 0 saturated heterocycles. The summed E-state index contributed by atoms with van der Waals surface area (Å²) in [4.78, 5) is 26.8. The minimum Gasteiger partial charge on any atom is -0.481 e. The quantitative estimate of drug-likeness (QED) is 0.794. The molecular weight excluding hydrogens is 230 g/mol. The molecule has 1 aromatic heterocycles. The summed E-state index contributed by atoms with van der Waals surface area (Å²) < 4.78 is 4.55. The summed E-state index contributed by atoms with van der Waals surface area (Å²) in [6.07, 6.45) is -0.00995. The highest BCUT2D eigenvalue weighted by molar-refractivity contribution is 7.09. The first-order valence-electron chi connectivity index (χ1n) is 4.73. The Morgan fingerprint density at radius 1 is 1.56 bits per heavy atom. The van der Waals surface area contributed by atoms with Crippen LogP contribution < -0.4 is 0 Å².